The summed E-state index contributed by atoms with van der Waals surface area (Å²) < 4.78 is 39.4. The number of fused-ring (bicyclic) bond motifs is 1. The number of carbonyl (C=O) groups excluding carboxylic acids is 1. The summed E-state index contributed by atoms with van der Waals surface area (Å²) in [7, 11) is -2.18. The van der Waals surface area contributed by atoms with Crippen LogP contribution in [-0.2, 0) is 14.8 Å². The molecule has 4 rings (SSSR count). The smallest absolute Gasteiger partial charge is 0.264 e. The first-order valence-electron chi connectivity index (χ1n) is 10.7. The molecule has 166 valence electrons. The van der Waals surface area contributed by atoms with Gasteiger partial charge >= 0.3 is 0 Å². The summed E-state index contributed by atoms with van der Waals surface area (Å²) in [6.07, 6.45) is 5.28. The van der Waals surface area contributed by atoms with Gasteiger partial charge in [-0.05, 0) is 37.1 Å². The number of benzene rings is 2. The molecule has 1 heterocycles. The van der Waals surface area contributed by atoms with Gasteiger partial charge in [-0.1, -0.05) is 37.5 Å². The van der Waals surface area contributed by atoms with Crippen LogP contribution >= 0.6 is 0 Å². The average Bonchev–Trinajstić information content (AvgIpc) is 2.82. The molecule has 0 aromatic heterocycles. The number of amides is 1. The molecular weight excluding hydrogens is 416 g/mol. The molecule has 31 heavy (non-hydrogen) atoms. The molecule has 1 fully saturated rings. The lowest BCUT2D eigenvalue weighted by atomic mass is 9.94. The zero-order valence-corrected chi connectivity index (χ0v) is 18.5. The van der Waals surface area contributed by atoms with Crippen LogP contribution in [-0.4, -0.2) is 52.1 Å². The van der Waals surface area contributed by atoms with Crippen LogP contribution in [0.5, 0.6) is 11.5 Å². The van der Waals surface area contributed by atoms with Crippen LogP contribution in [0.4, 0.5) is 5.69 Å². The third-order valence-electron chi connectivity index (χ3n) is 5.94. The number of sulfonamides is 1. The van der Waals surface area contributed by atoms with E-state index in [4.69, 9.17) is 9.47 Å². The molecule has 0 atom stereocenters. The fraction of sp³-hybridized carbons (Fsp3) is 0.435. The van der Waals surface area contributed by atoms with Crippen molar-refractivity contribution in [3.63, 3.8) is 0 Å². The van der Waals surface area contributed by atoms with Gasteiger partial charge in [0.1, 0.15) is 19.8 Å². The quantitative estimate of drug-likeness (QED) is 0.682. The summed E-state index contributed by atoms with van der Waals surface area (Å²) in [4.78, 5) is 15.0. The minimum absolute atomic E-state index is 0.137. The minimum Gasteiger partial charge on any atom is -0.486 e. The van der Waals surface area contributed by atoms with Crippen molar-refractivity contribution < 1.29 is 22.7 Å². The minimum atomic E-state index is -3.95. The van der Waals surface area contributed by atoms with Gasteiger partial charge in [-0.25, -0.2) is 8.42 Å². The molecular formula is C23H28N2O5S. The maximum Gasteiger partial charge on any atom is 0.264 e. The maximum atomic E-state index is 13.5. The molecule has 2 aliphatic rings. The molecule has 1 aliphatic heterocycles. The lowest BCUT2D eigenvalue weighted by Gasteiger charge is -2.33. The largest absolute Gasteiger partial charge is 0.486 e. The van der Waals surface area contributed by atoms with Gasteiger partial charge in [-0.15, -0.1) is 0 Å². The van der Waals surface area contributed by atoms with Crippen molar-refractivity contribution in [2.24, 2.45) is 0 Å². The second kappa shape index (κ2) is 9.18. The topological polar surface area (TPSA) is 76.2 Å². The molecule has 1 saturated carbocycles. The van der Waals surface area contributed by atoms with Crippen LogP contribution in [0, 0.1) is 0 Å². The first-order valence-corrected chi connectivity index (χ1v) is 12.1. The maximum absolute atomic E-state index is 13.5. The number of anilines is 1. The molecule has 0 radical (unpaired) electrons. The SMILES string of the molecule is CN(C(=O)CN(c1ccc2c(c1)OCCO2)S(=O)(=O)c1ccccc1)C1CCCCC1. The van der Waals surface area contributed by atoms with Crippen molar-refractivity contribution in [1.82, 2.24) is 4.90 Å². The van der Waals surface area contributed by atoms with Crippen LogP contribution in [0.3, 0.4) is 0 Å². The van der Waals surface area contributed by atoms with Crippen molar-refractivity contribution in [1.29, 1.82) is 0 Å². The molecule has 0 saturated heterocycles. The number of rotatable bonds is 6. The summed E-state index contributed by atoms with van der Waals surface area (Å²) in [5.74, 6) is 0.823. The normalized spacial score (nSPS) is 16.5. The summed E-state index contributed by atoms with van der Waals surface area (Å²) in [5, 5.41) is 0. The number of ether oxygens (including phenoxy) is 2. The van der Waals surface area contributed by atoms with Gasteiger partial charge in [0.05, 0.1) is 10.6 Å². The Kier molecular flexibility index (Phi) is 6.36. The van der Waals surface area contributed by atoms with Crippen LogP contribution < -0.4 is 13.8 Å². The Hall–Kier alpha value is -2.74. The lowest BCUT2D eigenvalue weighted by Crippen LogP contribution is -2.46. The Morgan fingerprint density at radius 3 is 2.35 bits per heavy atom. The van der Waals surface area contributed by atoms with Crippen molar-refractivity contribution in [2.75, 3.05) is 31.1 Å². The highest BCUT2D eigenvalue weighted by Gasteiger charge is 2.31. The third kappa shape index (κ3) is 4.63. The average molecular weight is 445 g/mol. The van der Waals surface area contributed by atoms with Gasteiger partial charge in [0.15, 0.2) is 11.5 Å². The van der Waals surface area contributed by atoms with E-state index in [2.05, 4.69) is 0 Å². The summed E-state index contributed by atoms with van der Waals surface area (Å²) in [6.45, 7) is 0.568. The summed E-state index contributed by atoms with van der Waals surface area (Å²) >= 11 is 0. The monoisotopic (exact) mass is 444 g/mol. The Morgan fingerprint density at radius 2 is 1.65 bits per heavy atom. The Morgan fingerprint density at radius 1 is 0.968 bits per heavy atom. The zero-order valence-electron chi connectivity index (χ0n) is 17.7. The van der Waals surface area contributed by atoms with Gasteiger partial charge in [0, 0.05) is 19.2 Å². The van der Waals surface area contributed by atoms with E-state index in [1.54, 1.807) is 48.3 Å². The van der Waals surface area contributed by atoms with Crippen molar-refractivity contribution in [3.05, 3.63) is 48.5 Å². The number of hydrogen-bond acceptors (Lipinski definition) is 5. The zero-order chi connectivity index (χ0) is 21.8. The van der Waals surface area contributed by atoms with E-state index >= 15 is 0 Å². The first-order chi connectivity index (χ1) is 15.0. The van der Waals surface area contributed by atoms with E-state index in [-0.39, 0.29) is 23.4 Å². The van der Waals surface area contributed by atoms with Gasteiger partial charge in [-0.2, -0.15) is 0 Å². The highest BCUT2D eigenvalue weighted by molar-refractivity contribution is 7.92. The molecule has 0 bridgehead atoms. The van der Waals surface area contributed by atoms with Crippen LogP contribution in [0.15, 0.2) is 53.4 Å². The van der Waals surface area contributed by atoms with E-state index in [1.807, 2.05) is 0 Å². The van der Waals surface area contributed by atoms with E-state index in [9.17, 15) is 13.2 Å². The van der Waals surface area contributed by atoms with E-state index in [0.29, 0.717) is 30.4 Å². The van der Waals surface area contributed by atoms with Crippen LogP contribution in [0.2, 0.25) is 0 Å². The molecule has 0 N–H and O–H groups in total. The molecule has 0 spiro atoms. The van der Waals surface area contributed by atoms with E-state index < -0.39 is 10.0 Å². The van der Waals surface area contributed by atoms with Gasteiger partial charge < -0.3 is 14.4 Å². The number of nitrogens with zero attached hydrogens (tertiary/aromatic N) is 2. The first kappa shape index (κ1) is 21.5. The predicted octanol–water partition coefficient (Wildman–Crippen LogP) is 3.44. The van der Waals surface area contributed by atoms with E-state index in [1.165, 1.54) is 22.9 Å². The number of carbonyl (C=O) groups is 1. The molecule has 2 aromatic rings. The fourth-order valence-corrected chi connectivity index (χ4v) is 5.56. The Balaban J connectivity index is 1.67. The fourth-order valence-electron chi connectivity index (χ4n) is 4.13. The second-order valence-corrected chi connectivity index (χ2v) is 9.81. The van der Waals surface area contributed by atoms with Gasteiger partial charge in [-0.3, -0.25) is 9.10 Å². The number of likely N-dealkylation sites (N-methyl/N-ethyl adjacent to an activating group) is 1. The Labute approximate surface area is 183 Å². The molecule has 0 unspecified atom stereocenters. The van der Waals surface area contributed by atoms with Crippen molar-refractivity contribution in [2.45, 2.75) is 43.0 Å². The predicted molar refractivity (Wildman–Crippen MR) is 118 cm³/mol. The molecule has 8 heteroatoms. The van der Waals surface area contributed by atoms with Crippen molar-refractivity contribution >= 4 is 21.6 Å². The third-order valence-corrected chi connectivity index (χ3v) is 7.73. The van der Waals surface area contributed by atoms with Crippen LogP contribution in [0.1, 0.15) is 32.1 Å². The molecule has 7 nitrogen and oxygen atoms in total. The summed E-state index contributed by atoms with van der Waals surface area (Å²) in [5.41, 5.74) is 0.374. The molecule has 1 aliphatic carbocycles. The standard InChI is InChI=1S/C23H28N2O5S/c1-24(18-8-4-2-5-9-18)23(26)17-25(31(27,28)20-10-6-3-7-11-20)19-12-13-21-22(16-19)30-15-14-29-21/h3,6-7,10-13,16,18H,2,4-5,8-9,14-15,17H2,1H3. The second-order valence-electron chi connectivity index (χ2n) is 7.95. The highest BCUT2D eigenvalue weighted by atomic mass is 32.2. The van der Waals surface area contributed by atoms with Crippen LogP contribution in [0.25, 0.3) is 0 Å². The number of hydrogen-bond donors (Lipinski definition) is 0. The van der Waals surface area contributed by atoms with Gasteiger partial charge in [0.2, 0.25) is 5.91 Å². The lowest BCUT2D eigenvalue weighted by molar-refractivity contribution is -0.130. The van der Waals surface area contributed by atoms with E-state index in [0.717, 1.165) is 25.7 Å². The molecule has 2 aromatic carbocycles. The highest BCUT2D eigenvalue weighted by Crippen LogP contribution is 2.36. The van der Waals surface area contributed by atoms with Crippen molar-refractivity contribution in [3.8, 4) is 11.5 Å². The summed E-state index contributed by atoms with van der Waals surface area (Å²) in [6, 6.07) is 13.3. The molecule has 1 amide bonds. The van der Waals surface area contributed by atoms with Gasteiger partial charge in [0.25, 0.3) is 10.0 Å². The Bertz CT molecular complexity index is 1020.